The van der Waals surface area contributed by atoms with Crippen LogP contribution in [0.1, 0.15) is 15.9 Å². The van der Waals surface area contributed by atoms with Crippen molar-refractivity contribution in [1.82, 2.24) is 19.7 Å². The molecule has 0 saturated carbocycles. The molecule has 0 fully saturated rings. The third-order valence-electron chi connectivity index (χ3n) is 6.10. The van der Waals surface area contributed by atoms with Crippen LogP contribution in [-0.2, 0) is 6.42 Å². The first-order valence-electron chi connectivity index (χ1n) is 11.3. The Morgan fingerprint density at radius 1 is 0.886 bits per heavy atom. The topological polar surface area (TPSA) is 81.9 Å². The van der Waals surface area contributed by atoms with Gasteiger partial charge in [-0.1, -0.05) is 48.5 Å². The summed E-state index contributed by atoms with van der Waals surface area (Å²) in [5.41, 5.74) is 5.13. The van der Waals surface area contributed by atoms with Crippen molar-refractivity contribution in [2.24, 2.45) is 0 Å². The molecule has 35 heavy (non-hydrogen) atoms. The molecule has 7 nitrogen and oxygen atoms in total. The number of anilines is 2. The molecule has 5 aromatic rings. The molecule has 1 N–H and O–H groups in total. The molecule has 0 saturated heterocycles. The van der Waals surface area contributed by atoms with E-state index in [-0.39, 0.29) is 12.2 Å². The Kier molecular flexibility index (Phi) is 5.07. The summed E-state index contributed by atoms with van der Waals surface area (Å²) in [6, 6.07) is 27.0. The number of pyridine rings is 1. The summed E-state index contributed by atoms with van der Waals surface area (Å²) < 4.78 is 7.36. The molecule has 0 unspecified atom stereocenters. The average molecular weight is 460 g/mol. The number of para-hydroxylation sites is 2. The number of carbonyl (C=O) groups is 1. The maximum Gasteiger partial charge on any atom is 0.171 e. The standard InChI is InChI=1S/C28H21N5O2/c1-35-25-11-5-3-8-21(25)24(34)17-18-12-14-19(15-13-18)27-31-32-28-20-7-2-4-9-22(20)30-26-23(33(27)28)10-6-16-29-26/h2-16H,17H2,1H3,(H,29,30). The summed E-state index contributed by atoms with van der Waals surface area (Å²) in [5, 5.41) is 12.5. The van der Waals surface area contributed by atoms with Crippen LogP contribution >= 0.6 is 0 Å². The Hall–Kier alpha value is -4.78. The van der Waals surface area contributed by atoms with E-state index in [1.165, 1.54) is 0 Å². The summed E-state index contributed by atoms with van der Waals surface area (Å²) in [4.78, 5) is 17.4. The molecule has 6 rings (SSSR count). The van der Waals surface area contributed by atoms with Crippen LogP contribution in [-0.4, -0.2) is 32.6 Å². The van der Waals surface area contributed by atoms with Gasteiger partial charge >= 0.3 is 0 Å². The van der Waals surface area contributed by atoms with Crippen molar-refractivity contribution in [2.45, 2.75) is 6.42 Å². The number of ether oxygens (including phenoxy) is 1. The maximum absolute atomic E-state index is 12.9. The molecule has 7 heteroatoms. The number of hydrogen-bond acceptors (Lipinski definition) is 6. The summed E-state index contributed by atoms with van der Waals surface area (Å²) in [5.74, 6) is 2.77. The quantitative estimate of drug-likeness (QED) is 0.344. The van der Waals surface area contributed by atoms with Gasteiger partial charge in [-0.3, -0.25) is 9.36 Å². The Bertz CT molecular complexity index is 1560. The van der Waals surface area contributed by atoms with E-state index < -0.39 is 0 Å². The van der Waals surface area contributed by atoms with Crippen LogP contribution in [0.4, 0.5) is 11.5 Å². The second-order valence-electron chi connectivity index (χ2n) is 8.22. The fourth-order valence-corrected chi connectivity index (χ4v) is 4.39. The van der Waals surface area contributed by atoms with E-state index in [2.05, 4.69) is 20.5 Å². The first-order valence-corrected chi connectivity index (χ1v) is 11.3. The number of hydrogen-bond donors (Lipinski definition) is 1. The molecule has 0 spiro atoms. The summed E-state index contributed by atoms with van der Waals surface area (Å²) in [6.45, 7) is 0. The van der Waals surface area contributed by atoms with Gasteiger partial charge in [-0.25, -0.2) is 4.98 Å². The van der Waals surface area contributed by atoms with Crippen LogP contribution in [0.25, 0.3) is 28.5 Å². The van der Waals surface area contributed by atoms with E-state index in [4.69, 9.17) is 4.74 Å². The van der Waals surface area contributed by atoms with Gasteiger partial charge in [0.2, 0.25) is 0 Å². The van der Waals surface area contributed by atoms with Crippen molar-refractivity contribution < 1.29 is 9.53 Å². The highest BCUT2D eigenvalue weighted by Gasteiger charge is 2.25. The lowest BCUT2D eigenvalue weighted by molar-refractivity contribution is 0.0990. The lowest BCUT2D eigenvalue weighted by atomic mass is 10.0. The van der Waals surface area contributed by atoms with Crippen molar-refractivity contribution in [2.75, 3.05) is 12.4 Å². The second-order valence-corrected chi connectivity index (χ2v) is 8.22. The smallest absolute Gasteiger partial charge is 0.171 e. The van der Waals surface area contributed by atoms with Gasteiger partial charge in [0.05, 0.1) is 24.0 Å². The zero-order valence-electron chi connectivity index (χ0n) is 19.0. The van der Waals surface area contributed by atoms with Crippen LogP contribution < -0.4 is 10.1 Å². The minimum absolute atomic E-state index is 0.00854. The Balaban J connectivity index is 1.37. The van der Waals surface area contributed by atoms with E-state index >= 15 is 0 Å². The van der Waals surface area contributed by atoms with Crippen LogP contribution in [0, 0.1) is 0 Å². The Morgan fingerprint density at radius 3 is 2.51 bits per heavy atom. The molecule has 3 aromatic carbocycles. The number of nitrogens with one attached hydrogen (secondary N) is 1. The third kappa shape index (κ3) is 3.63. The zero-order valence-corrected chi connectivity index (χ0v) is 19.0. The highest BCUT2D eigenvalue weighted by Crippen LogP contribution is 2.39. The number of methoxy groups -OCH3 is 1. The van der Waals surface area contributed by atoms with E-state index in [0.29, 0.717) is 17.1 Å². The van der Waals surface area contributed by atoms with E-state index in [1.54, 1.807) is 25.4 Å². The fourth-order valence-electron chi connectivity index (χ4n) is 4.39. The number of Topliss-reactive ketones (excluding diaryl/α,β-unsaturated/α-hetero) is 1. The van der Waals surface area contributed by atoms with Crippen molar-refractivity contribution in [1.29, 1.82) is 0 Å². The fraction of sp³-hybridized carbons (Fsp3) is 0.0714. The molecule has 1 aliphatic heterocycles. The minimum Gasteiger partial charge on any atom is -0.496 e. The molecular formula is C28H21N5O2. The van der Waals surface area contributed by atoms with Crippen molar-refractivity contribution in [3.8, 4) is 34.2 Å². The summed E-state index contributed by atoms with van der Waals surface area (Å²) >= 11 is 0. The van der Waals surface area contributed by atoms with Gasteiger partial charge in [0.1, 0.15) is 5.75 Å². The highest BCUT2D eigenvalue weighted by atomic mass is 16.5. The van der Waals surface area contributed by atoms with Crippen molar-refractivity contribution >= 4 is 17.3 Å². The molecule has 170 valence electrons. The predicted octanol–water partition coefficient (Wildman–Crippen LogP) is 5.49. The average Bonchev–Trinajstić information content (AvgIpc) is 3.28. The summed E-state index contributed by atoms with van der Waals surface area (Å²) in [7, 11) is 1.57. The minimum atomic E-state index is 0.00854. The van der Waals surface area contributed by atoms with Gasteiger partial charge in [-0.2, -0.15) is 0 Å². The van der Waals surface area contributed by atoms with Crippen LogP contribution in [0.5, 0.6) is 5.75 Å². The normalized spacial score (nSPS) is 11.5. The van der Waals surface area contributed by atoms with Crippen LogP contribution in [0.15, 0.2) is 91.1 Å². The third-order valence-corrected chi connectivity index (χ3v) is 6.10. The lowest BCUT2D eigenvalue weighted by Crippen LogP contribution is -2.06. The van der Waals surface area contributed by atoms with Gasteiger partial charge in [-0.05, 0) is 42.0 Å². The number of ketones is 1. The zero-order chi connectivity index (χ0) is 23.8. The second kappa shape index (κ2) is 8.53. The number of aromatic nitrogens is 4. The first kappa shape index (κ1) is 20.8. The molecule has 3 heterocycles. The molecule has 0 bridgehead atoms. The number of rotatable bonds is 5. The van der Waals surface area contributed by atoms with E-state index in [1.807, 2.05) is 77.4 Å². The molecule has 0 amide bonds. The molecule has 0 radical (unpaired) electrons. The molecular weight excluding hydrogens is 438 g/mol. The lowest BCUT2D eigenvalue weighted by Gasteiger charge is -2.11. The molecule has 0 atom stereocenters. The predicted molar refractivity (Wildman–Crippen MR) is 134 cm³/mol. The largest absolute Gasteiger partial charge is 0.496 e. The SMILES string of the molecule is COc1ccccc1C(=O)Cc1ccc(-c2nnc3n2-c2cccnc2Nc2ccccc2-3)cc1. The number of nitrogens with zero attached hydrogens (tertiary/aromatic N) is 4. The molecule has 2 aromatic heterocycles. The van der Waals surface area contributed by atoms with Gasteiger partial charge in [0, 0.05) is 23.7 Å². The molecule has 0 aliphatic carbocycles. The van der Waals surface area contributed by atoms with Gasteiger partial charge in [-0.15, -0.1) is 10.2 Å². The van der Waals surface area contributed by atoms with Gasteiger partial charge in [0.15, 0.2) is 23.2 Å². The monoisotopic (exact) mass is 459 g/mol. The van der Waals surface area contributed by atoms with Gasteiger partial charge < -0.3 is 10.1 Å². The van der Waals surface area contributed by atoms with Crippen molar-refractivity contribution in [3.63, 3.8) is 0 Å². The number of carbonyl (C=O) groups excluding carboxylic acids is 1. The summed E-state index contributed by atoms with van der Waals surface area (Å²) in [6.07, 6.45) is 2.04. The molecule has 1 aliphatic rings. The number of fused-ring (bicyclic) bond motifs is 5. The van der Waals surface area contributed by atoms with Crippen LogP contribution in [0.2, 0.25) is 0 Å². The highest BCUT2D eigenvalue weighted by molar-refractivity contribution is 6.00. The van der Waals surface area contributed by atoms with E-state index in [0.717, 1.165) is 39.7 Å². The first-order chi connectivity index (χ1) is 17.2. The number of benzene rings is 3. The Labute approximate surface area is 202 Å². The Morgan fingerprint density at radius 2 is 1.66 bits per heavy atom. The maximum atomic E-state index is 12.9. The van der Waals surface area contributed by atoms with E-state index in [9.17, 15) is 4.79 Å². The van der Waals surface area contributed by atoms with Gasteiger partial charge in [0.25, 0.3) is 0 Å². The van der Waals surface area contributed by atoms with Crippen molar-refractivity contribution in [3.05, 3.63) is 102 Å². The van der Waals surface area contributed by atoms with Crippen LogP contribution in [0.3, 0.4) is 0 Å².